The van der Waals surface area contributed by atoms with Gasteiger partial charge in [0.05, 0.1) is 35.5 Å². The average molecular weight is 306 g/mol. The summed E-state index contributed by atoms with van der Waals surface area (Å²) < 4.78 is 12.6. The molecule has 2 N–H and O–H groups in total. The molecule has 0 saturated heterocycles. The summed E-state index contributed by atoms with van der Waals surface area (Å²) in [5, 5.41) is 18.1. The Balaban J connectivity index is 4.70. The topological polar surface area (TPSA) is 91.7 Å². The van der Waals surface area contributed by atoms with E-state index in [1.165, 1.54) is 0 Å². The summed E-state index contributed by atoms with van der Waals surface area (Å²) in [5.41, 5.74) is -0.220. The van der Waals surface area contributed by atoms with Crippen LogP contribution in [0.5, 0.6) is 0 Å². The molecule has 0 aromatic carbocycles. The average Bonchev–Trinajstić information content (AvgIpc) is 2.29. The minimum atomic E-state index is -1.87. The van der Waals surface area contributed by atoms with Gasteiger partial charge in [-0.3, -0.25) is 0 Å². The molecule has 1 unspecified atom stereocenters. The molecule has 0 rings (SSSR count). The van der Waals surface area contributed by atoms with Gasteiger partial charge in [-0.1, -0.05) is 6.92 Å². The second kappa shape index (κ2) is 8.22. The summed E-state index contributed by atoms with van der Waals surface area (Å²) in [5.74, 6) is -2.44. The molecule has 7 heteroatoms. The minimum absolute atomic E-state index is 0.0553. The van der Waals surface area contributed by atoms with E-state index in [1.807, 2.05) is 21.1 Å². The number of hydrogen-bond acceptors (Lipinski definition) is 3. The van der Waals surface area contributed by atoms with Crippen LogP contribution in [0.4, 0.5) is 0 Å². The molecule has 116 valence electrons. The highest BCUT2D eigenvalue weighted by molar-refractivity contribution is 7.44. The molecule has 0 bridgehead atoms. The van der Waals surface area contributed by atoms with Crippen molar-refractivity contribution in [3.63, 3.8) is 0 Å². The maximum Gasteiger partial charge on any atom is 0.332 e. The van der Waals surface area contributed by atoms with Gasteiger partial charge in [0.1, 0.15) is 0 Å². The third-order valence-corrected chi connectivity index (χ3v) is 4.54. The summed E-state index contributed by atoms with van der Waals surface area (Å²) in [6, 6.07) is 0. The quantitative estimate of drug-likeness (QED) is 0.383. The summed E-state index contributed by atoms with van der Waals surface area (Å²) in [7, 11) is 4.12. The van der Waals surface area contributed by atoms with Crippen LogP contribution in [0.2, 0.25) is 0 Å². The fourth-order valence-corrected chi connectivity index (χ4v) is 3.43. The van der Waals surface area contributed by atoms with E-state index in [1.54, 1.807) is 6.92 Å². The molecule has 0 aliphatic rings. The van der Waals surface area contributed by atoms with E-state index >= 15 is 0 Å². The smallest absolute Gasteiger partial charge is 0.332 e. The second-order valence-electron chi connectivity index (χ2n) is 5.72. The van der Waals surface area contributed by atoms with Gasteiger partial charge in [-0.15, -0.1) is 0 Å². The van der Waals surface area contributed by atoms with Crippen LogP contribution in [0.15, 0.2) is 11.1 Å². The third-order valence-electron chi connectivity index (χ3n) is 2.95. The highest BCUT2D eigenvalue weighted by Gasteiger charge is 2.19. The van der Waals surface area contributed by atoms with Crippen molar-refractivity contribution < 1.29 is 28.9 Å². The summed E-state index contributed by atoms with van der Waals surface area (Å²) in [4.78, 5) is 22.1. The van der Waals surface area contributed by atoms with E-state index in [0.29, 0.717) is 10.6 Å². The molecule has 0 amide bonds. The predicted molar refractivity (Wildman–Crippen MR) is 78.8 cm³/mol. The highest BCUT2D eigenvalue weighted by atomic mass is 31.1. The number of carboxylic acids is 2. The van der Waals surface area contributed by atoms with Gasteiger partial charge in [0.2, 0.25) is 0 Å². The number of rotatable bonds is 9. The van der Waals surface area contributed by atoms with Gasteiger partial charge in [-0.25, -0.2) is 9.59 Å². The second-order valence-corrected chi connectivity index (χ2v) is 7.80. The van der Waals surface area contributed by atoms with Crippen LogP contribution in [0.3, 0.4) is 0 Å². The van der Waals surface area contributed by atoms with Gasteiger partial charge in [0.25, 0.3) is 0 Å². The fraction of sp³-hybridized carbons (Fsp3) is 0.692. The molecule has 0 aliphatic carbocycles. The standard InChI is InChI=1S/C13H24NO5P/c1-5-10(12(15)16)11(13(17)18)6-8-20(19)9-7-14(2,3)4/h20H,5-9H2,1-4H3,(H-,15,16,17,18)/p+1/b11-10-. The van der Waals surface area contributed by atoms with Crippen molar-refractivity contribution in [1.29, 1.82) is 0 Å². The number of quaternary nitrogens is 1. The monoisotopic (exact) mass is 306 g/mol. The lowest BCUT2D eigenvalue weighted by Crippen LogP contribution is -2.36. The molecule has 0 aromatic rings. The van der Waals surface area contributed by atoms with E-state index in [0.717, 1.165) is 6.54 Å². The van der Waals surface area contributed by atoms with Crippen LogP contribution in [0.1, 0.15) is 19.8 Å². The maximum absolute atomic E-state index is 11.9. The number of aliphatic carboxylic acids is 2. The van der Waals surface area contributed by atoms with Crippen LogP contribution in [-0.2, 0) is 14.2 Å². The Morgan fingerprint density at radius 3 is 1.85 bits per heavy atom. The number of carbonyl (C=O) groups is 2. The lowest BCUT2D eigenvalue weighted by molar-refractivity contribution is -0.867. The molecule has 20 heavy (non-hydrogen) atoms. The van der Waals surface area contributed by atoms with Crippen molar-refractivity contribution in [1.82, 2.24) is 0 Å². The van der Waals surface area contributed by atoms with E-state index in [2.05, 4.69) is 0 Å². The molecular formula is C13H25NO5P+. The fourth-order valence-electron chi connectivity index (χ4n) is 1.73. The zero-order valence-electron chi connectivity index (χ0n) is 12.6. The summed E-state index contributed by atoms with van der Waals surface area (Å²) in [6.45, 7) is 2.36. The minimum Gasteiger partial charge on any atom is -0.478 e. The molecule has 0 aromatic heterocycles. The Bertz CT molecular complexity index is 423. The Kier molecular flexibility index (Phi) is 7.76. The molecule has 0 aliphatic heterocycles. The first-order chi connectivity index (χ1) is 9.08. The number of hydrogen-bond donors (Lipinski definition) is 2. The lowest BCUT2D eigenvalue weighted by atomic mass is 10.0. The van der Waals surface area contributed by atoms with Crippen molar-refractivity contribution in [2.75, 3.05) is 40.0 Å². The maximum atomic E-state index is 11.9. The number of carboxylic acid groups (broad SMARTS) is 2. The lowest BCUT2D eigenvalue weighted by Gasteiger charge is -2.23. The highest BCUT2D eigenvalue weighted by Crippen LogP contribution is 2.25. The zero-order valence-corrected chi connectivity index (χ0v) is 13.6. The van der Waals surface area contributed by atoms with Crippen molar-refractivity contribution >= 4 is 19.7 Å². The number of nitrogens with zero attached hydrogens (tertiary/aromatic N) is 1. The van der Waals surface area contributed by atoms with Gasteiger partial charge in [-0.05, 0) is 12.8 Å². The van der Waals surface area contributed by atoms with Crippen molar-refractivity contribution in [3.05, 3.63) is 11.1 Å². The van der Waals surface area contributed by atoms with Gasteiger partial charge >= 0.3 is 11.9 Å². The van der Waals surface area contributed by atoms with Crippen LogP contribution in [0, 0.1) is 0 Å². The predicted octanol–water partition coefficient (Wildman–Crippen LogP) is 1.52. The zero-order chi connectivity index (χ0) is 15.9. The molecule has 1 atom stereocenters. The van der Waals surface area contributed by atoms with Crippen LogP contribution < -0.4 is 0 Å². The van der Waals surface area contributed by atoms with Gasteiger partial charge in [0, 0.05) is 23.5 Å². The van der Waals surface area contributed by atoms with Crippen LogP contribution in [0.25, 0.3) is 0 Å². The first kappa shape index (κ1) is 18.9. The van der Waals surface area contributed by atoms with Crippen LogP contribution in [-0.4, -0.2) is 66.6 Å². The third kappa shape index (κ3) is 7.46. The first-order valence-corrected chi connectivity index (χ1v) is 8.41. The normalized spacial score (nSPS) is 14.6. The van der Waals surface area contributed by atoms with E-state index < -0.39 is 19.7 Å². The Morgan fingerprint density at radius 2 is 1.50 bits per heavy atom. The Labute approximate surface area is 120 Å². The van der Waals surface area contributed by atoms with Crippen molar-refractivity contribution in [3.8, 4) is 0 Å². The summed E-state index contributed by atoms with van der Waals surface area (Å²) in [6.07, 6.45) is 1.01. The molecule has 6 nitrogen and oxygen atoms in total. The first-order valence-electron chi connectivity index (χ1n) is 6.59. The van der Waals surface area contributed by atoms with Gasteiger partial charge in [-0.2, -0.15) is 0 Å². The van der Waals surface area contributed by atoms with E-state index in [9.17, 15) is 14.2 Å². The SMILES string of the molecule is CC/C(C(=O)O)=C(\CC[PH](=O)CC[N+](C)(C)C)C(=O)O. The molecular weight excluding hydrogens is 281 g/mol. The molecule has 0 fully saturated rings. The van der Waals surface area contributed by atoms with E-state index in [-0.39, 0.29) is 30.1 Å². The molecule has 0 spiro atoms. The van der Waals surface area contributed by atoms with Gasteiger partial charge in [0.15, 0.2) is 0 Å². The van der Waals surface area contributed by atoms with Crippen molar-refractivity contribution in [2.45, 2.75) is 19.8 Å². The van der Waals surface area contributed by atoms with Crippen LogP contribution >= 0.6 is 7.80 Å². The van der Waals surface area contributed by atoms with Crippen molar-refractivity contribution in [2.24, 2.45) is 0 Å². The Hall–Kier alpha value is -1.13. The van der Waals surface area contributed by atoms with Gasteiger partial charge < -0.3 is 19.3 Å². The molecule has 0 radical (unpaired) electrons. The summed E-state index contributed by atoms with van der Waals surface area (Å²) >= 11 is 0. The van der Waals surface area contributed by atoms with E-state index in [4.69, 9.17) is 10.2 Å². The Morgan fingerprint density at radius 1 is 1.00 bits per heavy atom. The largest absolute Gasteiger partial charge is 0.478 e. The molecule has 0 heterocycles. The molecule has 0 saturated carbocycles.